The summed E-state index contributed by atoms with van der Waals surface area (Å²) < 4.78 is 36.3. The summed E-state index contributed by atoms with van der Waals surface area (Å²) in [6.45, 7) is 0. The Labute approximate surface area is 139 Å². The molecule has 1 heterocycles. The van der Waals surface area contributed by atoms with Crippen LogP contribution < -0.4 is 18.5 Å². The number of hydrogen-bond donors (Lipinski definition) is 1. The largest absolute Gasteiger partial charge is 0.262 e. The normalized spacial score (nSPS) is 11.5. The first-order valence-corrected chi connectivity index (χ1v) is 8.66. The number of thiazole rings is 1. The van der Waals surface area contributed by atoms with Gasteiger partial charge in [-0.2, -0.15) is 18.5 Å². The highest BCUT2D eigenvalue weighted by molar-refractivity contribution is 7.18. The molecule has 120 valence electrons. The first-order chi connectivity index (χ1) is 10.8. The number of para-hydroxylation sites is 1. The van der Waals surface area contributed by atoms with Gasteiger partial charge in [0.05, 0.1) is 14.9 Å². The minimum absolute atomic E-state index is 1.23. The fourth-order valence-corrected chi connectivity index (χ4v) is 3.05. The molecule has 1 N–H and O–H groups in total. The fourth-order valence-electron chi connectivity index (χ4n) is 2.00. The number of aromatic nitrogens is 1. The van der Waals surface area contributed by atoms with Crippen molar-refractivity contribution in [2.24, 2.45) is 7.05 Å². The maximum Gasteiger partial charge on any atom is 0.262 e. The van der Waals surface area contributed by atoms with Crippen LogP contribution in [0.5, 0.6) is 0 Å². The lowest BCUT2D eigenvalue weighted by Gasteiger charge is -2.03. The average molecular weight is 353 g/mol. The van der Waals surface area contributed by atoms with Crippen LogP contribution in [0.1, 0.15) is 10.6 Å². The predicted molar refractivity (Wildman–Crippen MR) is 80.6 cm³/mol. The summed E-state index contributed by atoms with van der Waals surface area (Å²) in [6.07, 6.45) is 4.34. The van der Waals surface area contributed by atoms with Gasteiger partial charge in [0.25, 0.3) is 5.01 Å². The lowest BCUT2D eigenvalue weighted by Crippen LogP contribution is -2.58. The van der Waals surface area contributed by atoms with Crippen LogP contribution in [0.4, 0.5) is 0 Å². The van der Waals surface area contributed by atoms with Gasteiger partial charge in [-0.1, -0.05) is 53.8 Å². The van der Waals surface area contributed by atoms with Crippen LogP contribution in [0.3, 0.4) is 0 Å². The zero-order valence-corrected chi connectivity index (χ0v) is 13.8. The Balaban J connectivity index is 0.000000338. The van der Waals surface area contributed by atoms with E-state index >= 15 is 0 Å². The third-order valence-electron chi connectivity index (χ3n) is 2.99. The van der Waals surface area contributed by atoms with Crippen molar-refractivity contribution in [2.75, 3.05) is 0 Å². The molecule has 1 aromatic heterocycles. The number of aryl methyl sites for hydroxylation is 1. The molecule has 0 unspecified atom stereocenters. The van der Waals surface area contributed by atoms with E-state index in [0.29, 0.717) is 0 Å². The number of rotatable bonds is 2. The molecule has 0 bridgehead atoms. The van der Waals surface area contributed by atoms with Gasteiger partial charge in [-0.25, -0.2) is 0 Å². The van der Waals surface area contributed by atoms with Gasteiger partial charge >= 0.3 is 0 Å². The van der Waals surface area contributed by atoms with Crippen molar-refractivity contribution in [3.63, 3.8) is 0 Å². The summed E-state index contributed by atoms with van der Waals surface area (Å²) in [5.41, 5.74) is 2.52. The fraction of sp³-hybridized carbons (Fsp3) is 0.0625. The van der Waals surface area contributed by atoms with Gasteiger partial charge in [0.1, 0.15) is 11.7 Å². The minimum Gasteiger partial charge on any atom is -0.185 e. The van der Waals surface area contributed by atoms with E-state index in [2.05, 4.69) is 72.3 Å². The van der Waals surface area contributed by atoms with Crippen molar-refractivity contribution in [2.45, 2.75) is 0 Å². The highest BCUT2D eigenvalue weighted by Crippen LogP contribution is 2.21. The molecule has 0 atom stereocenters. The molecule has 0 radical (unpaired) electrons. The van der Waals surface area contributed by atoms with E-state index in [4.69, 9.17) is 18.6 Å². The molecule has 3 rings (SSSR count). The zero-order chi connectivity index (χ0) is 16.9. The molecular formula is C16H15ClNO4S+. The van der Waals surface area contributed by atoms with Crippen molar-refractivity contribution < 1.29 is 33.4 Å². The molecule has 0 aliphatic carbocycles. The number of benzene rings is 2. The van der Waals surface area contributed by atoms with Crippen molar-refractivity contribution in [3.8, 4) is 0 Å². The molecule has 0 saturated heterocycles. The lowest BCUT2D eigenvalue weighted by molar-refractivity contribution is -1.92. The minimum atomic E-state index is -4.69. The van der Waals surface area contributed by atoms with Crippen LogP contribution in [-0.2, 0) is 7.05 Å². The smallest absolute Gasteiger partial charge is 0.185 e. The Morgan fingerprint density at radius 2 is 1.52 bits per heavy atom. The van der Waals surface area contributed by atoms with Crippen molar-refractivity contribution >= 4 is 33.7 Å². The summed E-state index contributed by atoms with van der Waals surface area (Å²) in [5.74, 6) is 0. The summed E-state index contributed by atoms with van der Waals surface area (Å²) >= 11 is 1.82. The predicted octanol–water partition coefficient (Wildman–Crippen LogP) is -0.228. The van der Waals surface area contributed by atoms with Gasteiger partial charge < -0.3 is 0 Å². The summed E-state index contributed by atoms with van der Waals surface area (Å²) in [7, 11) is -2.58. The second kappa shape index (κ2) is 7.65. The van der Waals surface area contributed by atoms with Crippen LogP contribution in [-0.4, -0.2) is 4.66 Å². The monoisotopic (exact) mass is 352 g/mol. The van der Waals surface area contributed by atoms with E-state index in [1.807, 2.05) is 17.4 Å². The van der Waals surface area contributed by atoms with Gasteiger partial charge in [-0.15, -0.1) is 0 Å². The molecular weight excluding hydrogens is 338 g/mol. The van der Waals surface area contributed by atoms with E-state index < -0.39 is 10.2 Å². The molecule has 3 aromatic rings. The molecule has 0 aliphatic heterocycles. The van der Waals surface area contributed by atoms with Gasteiger partial charge in [0.15, 0.2) is 0 Å². The Morgan fingerprint density at radius 3 is 2.13 bits per heavy atom. The Hall–Kier alpha value is -1.80. The van der Waals surface area contributed by atoms with E-state index in [1.165, 1.54) is 20.8 Å². The van der Waals surface area contributed by atoms with Gasteiger partial charge in [0.2, 0.25) is 5.52 Å². The van der Waals surface area contributed by atoms with Crippen LogP contribution in [0.15, 0.2) is 54.6 Å². The molecule has 0 saturated carbocycles. The molecule has 0 fully saturated rings. The van der Waals surface area contributed by atoms with Crippen LogP contribution in [0.2, 0.25) is 0 Å². The van der Waals surface area contributed by atoms with E-state index in [1.54, 1.807) is 0 Å². The van der Waals surface area contributed by atoms with Crippen molar-refractivity contribution in [3.05, 3.63) is 65.2 Å². The maximum absolute atomic E-state index is 8.60. The highest BCUT2D eigenvalue weighted by atomic mass is 35.7. The number of hydrogen-bond acceptors (Lipinski definition) is 5. The maximum atomic E-state index is 8.60. The second-order valence-electron chi connectivity index (χ2n) is 4.61. The first kappa shape index (κ1) is 17.6. The average Bonchev–Trinajstić information content (AvgIpc) is 2.82. The molecule has 7 heteroatoms. The molecule has 0 spiro atoms. The van der Waals surface area contributed by atoms with Gasteiger partial charge in [0, 0.05) is 12.1 Å². The summed E-state index contributed by atoms with van der Waals surface area (Å²) in [5, 5.41) is 1.26. The Morgan fingerprint density at radius 1 is 0.957 bits per heavy atom. The van der Waals surface area contributed by atoms with Crippen molar-refractivity contribution in [1.29, 1.82) is 0 Å². The van der Waals surface area contributed by atoms with Crippen molar-refractivity contribution in [1.82, 2.24) is 0 Å². The Bertz CT molecular complexity index is 791. The van der Waals surface area contributed by atoms with Crippen LogP contribution in [0, 0.1) is 10.2 Å². The summed E-state index contributed by atoms with van der Waals surface area (Å²) in [4.78, 5) is 0. The van der Waals surface area contributed by atoms with Crippen LogP contribution >= 0.6 is 11.3 Å². The van der Waals surface area contributed by atoms with Gasteiger partial charge in [-0.3, -0.25) is 0 Å². The topological polar surface area (TPSA) is 93.3 Å². The molecule has 5 nitrogen and oxygen atoms in total. The molecule has 0 amide bonds. The first-order valence-electron chi connectivity index (χ1n) is 6.58. The molecule has 23 heavy (non-hydrogen) atoms. The zero-order valence-electron chi connectivity index (χ0n) is 12.3. The van der Waals surface area contributed by atoms with Gasteiger partial charge in [-0.05, 0) is 17.7 Å². The SMILES string of the molecule is C[n+]1c(/C=C/c2ccccc2)sc2ccccc21.[O-][Cl+3]([O-])([O-])O. The number of halogens is 1. The lowest BCUT2D eigenvalue weighted by atomic mass is 10.2. The number of nitrogens with zero attached hydrogens (tertiary/aromatic N) is 1. The highest BCUT2D eigenvalue weighted by Gasteiger charge is 2.12. The summed E-state index contributed by atoms with van der Waals surface area (Å²) in [6, 6.07) is 18.9. The standard InChI is InChI=1S/C16H14NS.ClHO4/c1-17-14-9-5-6-10-15(14)18-16(17)12-11-13-7-3-2-4-8-13;2-1(3,4)5/h2-12H,1H3;(H,2,3,4,5)/q+1;/b12-11+;. The van der Waals surface area contributed by atoms with E-state index in [9.17, 15) is 0 Å². The van der Waals surface area contributed by atoms with E-state index in [0.717, 1.165) is 0 Å². The molecule has 0 aliphatic rings. The molecule has 2 aromatic carbocycles. The van der Waals surface area contributed by atoms with Crippen LogP contribution in [0.25, 0.3) is 22.4 Å². The number of fused-ring (bicyclic) bond motifs is 1. The third-order valence-corrected chi connectivity index (χ3v) is 4.17. The quantitative estimate of drug-likeness (QED) is 0.645. The van der Waals surface area contributed by atoms with E-state index in [-0.39, 0.29) is 0 Å². The third kappa shape index (κ3) is 5.72. The second-order valence-corrected chi connectivity index (χ2v) is 6.46. The Kier molecular flexibility index (Phi) is 5.84.